The average Bonchev–Trinajstić information content (AvgIpc) is 2.68. The number of carbonyl (C=O) groups is 1. The van der Waals surface area contributed by atoms with E-state index < -0.39 is 6.10 Å². The second-order valence-corrected chi connectivity index (χ2v) is 5.37. The molecule has 0 radical (unpaired) electrons. The predicted molar refractivity (Wildman–Crippen MR) is 81.4 cm³/mol. The Kier molecular flexibility index (Phi) is 4.35. The summed E-state index contributed by atoms with van der Waals surface area (Å²) in [6.45, 7) is 6.50. The van der Waals surface area contributed by atoms with Gasteiger partial charge in [0.15, 0.2) is 0 Å². The molecular weight excluding hydrogens is 276 g/mol. The van der Waals surface area contributed by atoms with Crippen LogP contribution in [0, 0.1) is 6.92 Å². The molecule has 0 bridgehead atoms. The molecule has 1 amide bonds. The minimum atomic E-state index is -0.562. The normalized spacial score (nSPS) is 12.7. The summed E-state index contributed by atoms with van der Waals surface area (Å²) < 4.78 is 1.97. The van der Waals surface area contributed by atoms with E-state index in [1.807, 2.05) is 36.6 Å². The molecule has 1 aromatic heterocycles. The van der Waals surface area contributed by atoms with E-state index in [-0.39, 0.29) is 12.5 Å². The van der Waals surface area contributed by atoms with Gasteiger partial charge in [0.25, 0.3) is 5.91 Å². The van der Waals surface area contributed by atoms with E-state index in [0.717, 1.165) is 16.5 Å². The Bertz CT molecular complexity index is 647. The lowest BCUT2D eigenvalue weighted by atomic mass is 10.1. The lowest BCUT2D eigenvalue weighted by molar-refractivity contribution is 0.0914. The summed E-state index contributed by atoms with van der Waals surface area (Å²) in [6, 6.07) is 5.64. The minimum absolute atomic E-state index is 0.169. The lowest BCUT2D eigenvalue weighted by Gasteiger charge is -2.10. The van der Waals surface area contributed by atoms with Crippen molar-refractivity contribution in [2.24, 2.45) is 0 Å². The van der Waals surface area contributed by atoms with Gasteiger partial charge in [0.2, 0.25) is 0 Å². The summed E-state index contributed by atoms with van der Waals surface area (Å²) >= 11 is 6.03. The molecule has 0 saturated carbocycles. The molecule has 0 aliphatic carbocycles. The van der Waals surface area contributed by atoms with Crippen molar-refractivity contribution in [3.8, 4) is 0 Å². The summed E-state index contributed by atoms with van der Waals surface area (Å²) in [5, 5.41) is 13.7. The number of aryl methyl sites for hydroxylation is 2. The monoisotopic (exact) mass is 294 g/mol. The van der Waals surface area contributed by atoms with Crippen LogP contribution in [0.5, 0.6) is 0 Å². The van der Waals surface area contributed by atoms with Crippen molar-refractivity contribution in [2.75, 3.05) is 6.54 Å². The first-order valence-corrected chi connectivity index (χ1v) is 7.08. The molecule has 0 aliphatic heterocycles. The first-order chi connectivity index (χ1) is 9.45. The largest absolute Gasteiger partial charge is 0.392 e. The van der Waals surface area contributed by atoms with Crippen LogP contribution in [-0.4, -0.2) is 28.2 Å². The maximum atomic E-state index is 12.3. The molecule has 2 N–H and O–H groups in total. The molecule has 5 heteroatoms. The van der Waals surface area contributed by atoms with Crippen molar-refractivity contribution in [1.29, 1.82) is 0 Å². The van der Waals surface area contributed by atoms with Crippen LogP contribution in [0.3, 0.4) is 0 Å². The Morgan fingerprint density at radius 3 is 2.80 bits per heavy atom. The van der Waals surface area contributed by atoms with Crippen LogP contribution in [0.25, 0.3) is 10.9 Å². The molecular formula is C15H19ClN2O2. The number of amides is 1. The van der Waals surface area contributed by atoms with Crippen molar-refractivity contribution in [3.05, 3.63) is 34.5 Å². The highest BCUT2D eigenvalue weighted by Gasteiger charge is 2.19. The quantitative estimate of drug-likeness (QED) is 0.911. The second-order valence-electron chi connectivity index (χ2n) is 4.94. The van der Waals surface area contributed by atoms with Gasteiger partial charge in [-0.05, 0) is 44.5 Å². The second kappa shape index (κ2) is 5.85. The van der Waals surface area contributed by atoms with Crippen LogP contribution in [0.1, 0.15) is 29.9 Å². The van der Waals surface area contributed by atoms with Gasteiger partial charge in [-0.15, -0.1) is 0 Å². The third-order valence-corrected chi connectivity index (χ3v) is 3.60. The molecule has 0 spiro atoms. The summed E-state index contributed by atoms with van der Waals surface area (Å²) in [4.78, 5) is 12.3. The number of rotatable bonds is 4. The highest BCUT2D eigenvalue weighted by atomic mass is 35.5. The number of aliphatic hydroxyl groups is 1. The van der Waals surface area contributed by atoms with Gasteiger partial charge in [0.05, 0.1) is 6.10 Å². The summed E-state index contributed by atoms with van der Waals surface area (Å²) in [5.74, 6) is -0.169. The molecule has 1 heterocycles. The third-order valence-electron chi connectivity index (χ3n) is 3.37. The maximum absolute atomic E-state index is 12.3. The van der Waals surface area contributed by atoms with Gasteiger partial charge in [-0.1, -0.05) is 11.6 Å². The van der Waals surface area contributed by atoms with Crippen molar-refractivity contribution in [2.45, 2.75) is 33.4 Å². The molecule has 1 atom stereocenters. The third kappa shape index (κ3) is 2.67. The molecule has 0 fully saturated rings. The fraction of sp³-hybridized carbons (Fsp3) is 0.400. The first-order valence-electron chi connectivity index (χ1n) is 6.70. The Morgan fingerprint density at radius 2 is 2.20 bits per heavy atom. The van der Waals surface area contributed by atoms with Crippen LogP contribution in [0.4, 0.5) is 0 Å². The van der Waals surface area contributed by atoms with Crippen LogP contribution >= 0.6 is 11.6 Å². The number of nitrogens with zero attached hydrogens (tertiary/aromatic N) is 1. The summed E-state index contributed by atoms with van der Waals surface area (Å²) in [5.41, 5.74) is 2.54. The van der Waals surface area contributed by atoms with Gasteiger partial charge in [-0.3, -0.25) is 4.79 Å². The molecule has 2 rings (SSSR count). The number of carbonyl (C=O) groups excluding carboxylic acids is 1. The van der Waals surface area contributed by atoms with E-state index in [4.69, 9.17) is 11.6 Å². The van der Waals surface area contributed by atoms with Crippen LogP contribution < -0.4 is 5.32 Å². The maximum Gasteiger partial charge on any atom is 0.268 e. The van der Waals surface area contributed by atoms with Crippen LogP contribution in [0.15, 0.2) is 18.2 Å². The Labute approximate surface area is 123 Å². The molecule has 4 nitrogen and oxygen atoms in total. The van der Waals surface area contributed by atoms with Gasteiger partial charge >= 0.3 is 0 Å². The van der Waals surface area contributed by atoms with Crippen molar-refractivity contribution < 1.29 is 9.90 Å². The summed E-state index contributed by atoms with van der Waals surface area (Å²) in [6.07, 6.45) is -0.562. The van der Waals surface area contributed by atoms with Gasteiger partial charge in [-0.25, -0.2) is 0 Å². The highest BCUT2D eigenvalue weighted by Crippen LogP contribution is 2.28. The number of aromatic nitrogens is 1. The number of benzene rings is 1. The molecule has 20 heavy (non-hydrogen) atoms. The van der Waals surface area contributed by atoms with E-state index in [9.17, 15) is 9.90 Å². The lowest BCUT2D eigenvalue weighted by Crippen LogP contribution is -2.32. The molecule has 0 saturated heterocycles. The van der Waals surface area contributed by atoms with Crippen molar-refractivity contribution in [3.63, 3.8) is 0 Å². The van der Waals surface area contributed by atoms with Crippen LogP contribution in [-0.2, 0) is 6.54 Å². The van der Waals surface area contributed by atoms with Gasteiger partial charge < -0.3 is 15.0 Å². The van der Waals surface area contributed by atoms with Crippen LogP contribution in [0.2, 0.25) is 5.02 Å². The predicted octanol–water partition coefficient (Wildman–Crippen LogP) is 2.73. The van der Waals surface area contributed by atoms with E-state index >= 15 is 0 Å². The van der Waals surface area contributed by atoms with Gasteiger partial charge in [-0.2, -0.15) is 0 Å². The van der Waals surface area contributed by atoms with Gasteiger partial charge in [0.1, 0.15) is 5.69 Å². The molecule has 2 aromatic rings. The number of hydrogen-bond acceptors (Lipinski definition) is 2. The minimum Gasteiger partial charge on any atom is -0.392 e. The Morgan fingerprint density at radius 1 is 1.50 bits per heavy atom. The number of nitrogens with one attached hydrogen (secondary N) is 1. The summed E-state index contributed by atoms with van der Waals surface area (Å²) in [7, 11) is 0. The van der Waals surface area contributed by atoms with Crippen molar-refractivity contribution >= 4 is 28.4 Å². The zero-order chi connectivity index (χ0) is 14.9. The van der Waals surface area contributed by atoms with E-state index in [2.05, 4.69) is 5.32 Å². The zero-order valence-corrected chi connectivity index (χ0v) is 12.7. The number of halogens is 1. The molecule has 0 aliphatic rings. The Balaban J connectivity index is 2.52. The fourth-order valence-electron chi connectivity index (χ4n) is 2.44. The standard InChI is InChI=1S/C15H19ClN2O2/c1-4-18-13-6-5-11(16)7-12(13)10(3)14(18)15(20)17-8-9(2)19/h5-7,9,19H,4,8H2,1-3H3,(H,17,20). The SMILES string of the molecule is CCn1c(C(=O)NCC(C)O)c(C)c2cc(Cl)ccc21. The zero-order valence-electron chi connectivity index (χ0n) is 11.9. The average molecular weight is 295 g/mol. The van der Waals surface area contributed by atoms with E-state index in [1.165, 1.54) is 0 Å². The number of hydrogen-bond donors (Lipinski definition) is 2. The highest BCUT2D eigenvalue weighted by molar-refractivity contribution is 6.31. The van der Waals surface area contributed by atoms with Gasteiger partial charge in [0, 0.05) is 29.0 Å². The molecule has 1 aromatic carbocycles. The van der Waals surface area contributed by atoms with E-state index in [1.54, 1.807) is 6.92 Å². The number of aliphatic hydroxyl groups excluding tert-OH is 1. The number of fused-ring (bicyclic) bond motifs is 1. The topological polar surface area (TPSA) is 54.3 Å². The first kappa shape index (κ1) is 14.9. The molecule has 1 unspecified atom stereocenters. The van der Waals surface area contributed by atoms with E-state index in [0.29, 0.717) is 17.3 Å². The molecule has 108 valence electrons. The smallest absolute Gasteiger partial charge is 0.268 e. The Hall–Kier alpha value is -1.52. The van der Waals surface area contributed by atoms with Crippen molar-refractivity contribution in [1.82, 2.24) is 9.88 Å². The fourth-order valence-corrected chi connectivity index (χ4v) is 2.61.